The molecule has 1 aromatic carbocycles. The van der Waals surface area contributed by atoms with Crippen LogP contribution in [0.5, 0.6) is 0 Å². The van der Waals surface area contributed by atoms with Gasteiger partial charge in [-0.05, 0) is 17.5 Å². The van der Waals surface area contributed by atoms with Crippen LogP contribution in [0.15, 0.2) is 24.3 Å². The van der Waals surface area contributed by atoms with E-state index in [1.165, 1.54) is 12.1 Å². The van der Waals surface area contributed by atoms with E-state index in [9.17, 15) is 18.0 Å². The molecule has 1 aromatic rings. The van der Waals surface area contributed by atoms with Crippen molar-refractivity contribution in [1.82, 2.24) is 0 Å². The molecule has 0 aliphatic rings. The van der Waals surface area contributed by atoms with Crippen molar-refractivity contribution in [2.24, 2.45) is 5.92 Å². The van der Waals surface area contributed by atoms with Gasteiger partial charge in [-0.15, -0.1) is 0 Å². The van der Waals surface area contributed by atoms with Crippen LogP contribution < -0.4 is 0 Å². The molecule has 3 nitrogen and oxygen atoms in total. The molecule has 0 saturated heterocycles. The van der Waals surface area contributed by atoms with Gasteiger partial charge in [0, 0.05) is 6.42 Å². The molecule has 0 unspecified atom stereocenters. The largest absolute Gasteiger partial charge is 0.479 e. The average molecular weight is 290 g/mol. The van der Waals surface area contributed by atoms with E-state index in [2.05, 4.69) is 0 Å². The summed E-state index contributed by atoms with van der Waals surface area (Å²) < 4.78 is 42.9. The van der Waals surface area contributed by atoms with Gasteiger partial charge < -0.3 is 9.84 Å². The fraction of sp³-hybridized carbons (Fsp3) is 0.500. The number of benzene rings is 1. The Hall–Kier alpha value is -1.56. The standard InChI is InChI=1S/C14H17F3O3/c1-9(2)8-20-12(13(18)19)7-10-4-3-5-11(6-10)14(15,16)17/h3-6,9,12H,7-8H2,1-2H3,(H,18,19)/t12-/m0/s1. The van der Waals surface area contributed by atoms with E-state index in [0.717, 1.165) is 12.1 Å². The number of aliphatic carboxylic acids is 1. The molecule has 6 heteroatoms. The molecular formula is C14H17F3O3. The highest BCUT2D eigenvalue weighted by Gasteiger charge is 2.30. The number of halogens is 3. The van der Waals surface area contributed by atoms with Gasteiger partial charge in [-0.2, -0.15) is 13.2 Å². The summed E-state index contributed by atoms with van der Waals surface area (Å²) in [6, 6.07) is 4.63. The second-order valence-corrected chi connectivity index (χ2v) is 4.96. The molecule has 0 fully saturated rings. The number of carboxylic acid groups (broad SMARTS) is 1. The Morgan fingerprint density at radius 3 is 2.50 bits per heavy atom. The van der Waals surface area contributed by atoms with Crippen LogP contribution in [0.4, 0.5) is 13.2 Å². The summed E-state index contributed by atoms with van der Waals surface area (Å²) >= 11 is 0. The third kappa shape index (κ3) is 5.21. The second-order valence-electron chi connectivity index (χ2n) is 4.96. The van der Waals surface area contributed by atoms with E-state index in [1.54, 1.807) is 0 Å². The van der Waals surface area contributed by atoms with Gasteiger partial charge in [-0.1, -0.05) is 32.0 Å². The summed E-state index contributed by atoms with van der Waals surface area (Å²) in [5.74, 6) is -1.03. The fourth-order valence-electron chi connectivity index (χ4n) is 1.61. The fourth-order valence-corrected chi connectivity index (χ4v) is 1.61. The van der Waals surface area contributed by atoms with Crippen molar-refractivity contribution < 1.29 is 27.8 Å². The number of rotatable bonds is 6. The van der Waals surface area contributed by atoms with E-state index in [-0.39, 0.29) is 24.5 Å². The van der Waals surface area contributed by atoms with Gasteiger partial charge in [0.2, 0.25) is 0 Å². The lowest BCUT2D eigenvalue weighted by Gasteiger charge is -2.16. The SMILES string of the molecule is CC(C)CO[C@@H](Cc1cccc(C(F)(F)F)c1)C(=O)O. The van der Waals surface area contributed by atoms with E-state index in [0.29, 0.717) is 0 Å². The van der Waals surface area contributed by atoms with Crippen LogP contribution in [0.3, 0.4) is 0 Å². The summed E-state index contributed by atoms with van der Waals surface area (Å²) in [5, 5.41) is 9.03. The zero-order valence-electron chi connectivity index (χ0n) is 11.3. The van der Waals surface area contributed by atoms with E-state index < -0.39 is 23.8 Å². The van der Waals surface area contributed by atoms with Crippen molar-refractivity contribution in [2.75, 3.05) is 6.61 Å². The third-order valence-electron chi connectivity index (χ3n) is 2.58. The maximum absolute atomic E-state index is 12.6. The summed E-state index contributed by atoms with van der Waals surface area (Å²) in [6.07, 6.45) is -5.67. The number of hydrogen-bond acceptors (Lipinski definition) is 2. The van der Waals surface area contributed by atoms with Crippen LogP contribution >= 0.6 is 0 Å². The molecule has 0 aliphatic carbocycles. The Morgan fingerprint density at radius 2 is 2.00 bits per heavy atom. The zero-order valence-corrected chi connectivity index (χ0v) is 11.3. The van der Waals surface area contributed by atoms with Gasteiger partial charge in [0.1, 0.15) is 0 Å². The first-order chi connectivity index (χ1) is 9.20. The minimum atomic E-state index is -4.44. The maximum Gasteiger partial charge on any atom is 0.416 e. The molecule has 1 rings (SSSR count). The van der Waals surface area contributed by atoms with Gasteiger partial charge in [0.15, 0.2) is 6.10 Å². The Kier molecular flexibility index (Phi) is 5.56. The molecular weight excluding hydrogens is 273 g/mol. The molecule has 1 N–H and O–H groups in total. The summed E-state index contributed by atoms with van der Waals surface area (Å²) in [5.41, 5.74) is -0.501. The normalized spacial score (nSPS) is 13.5. The predicted molar refractivity (Wildman–Crippen MR) is 67.4 cm³/mol. The van der Waals surface area contributed by atoms with Crippen molar-refractivity contribution in [1.29, 1.82) is 0 Å². The van der Waals surface area contributed by atoms with Crippen molar-refractivity contribution in [3.05, 3.63) is 35.4 Å². The van der Waals surface area contributed by atoms with Gasteiger partial charge in [-0.3, -0.25) is 0 Å². The summed E-state index contributed by atoms with van der Waals surface area (Å²) in [7, 11) is 0. The summed E-state index contributed by atoms with van der Waals surface area (Å²) in [6.45, 7) is 3.97. The first-order valence-electron chi connectivity index (χ1n) is 6.20. The Morgan fingerprint density at radius 1 is 1.35 bits per heavy atom. The van der Waals surface area contributed by atoms with Crippen LogP contribution in [0.1, 0.15) is 25.0 Å². The van der Waals surface area contributed by atoms with Gasteiger partial charge >= 0.3 is 12.1 Å². The molecule has 20 heavy (non-hydrogen) atoms. The molecule has 0 heterocycles. The molecule has 1 atom stereocenters. The summed E-state index contributed by atoms with van der Waals surface area (Å²) in [4.78, 5) is 11.1. The average Bonchev–Trinajstić information content (AvgIpc) is 2.33. The Balaban J connectivity index is 2.81. The van der Waals surface area contributed by atoms with Crippen molar-refractivity contribution in [3.63, 3.8) is 0 Å². The molecule has 0 amide bonds. The lowest BCUT2D eigenvalue weighted by molar-refractivity contribution is -0.150. The smallest absolute Gasteiger partial charge is 0.416 e. The molecule has 112 valence electrons. The number of hydrogen-bond donors (Lipinski definition) is 1. The second kappa shape index (κ2) is 6.74. The first kappa shape index (κ1) is 16.5. The van der Waals surface area contributed by atoms with Crippen molar-refractivity contribution in [2.45, 2.75) is 32.5 Å². The van der Waals surface area contributed by atoms with Crippen LogP contribution in [0, 0.1) is 5.92 Å². The third-order valence-corrected chi connectivity index (χ3v) is 2.58. The lowest BCUT2D eigenvalue weighted by Crippen LogP contribution is -2.28. The minimum absolute atomic E-state index is 0.0913. The number of carbonyl (C=O) groups is 1. The monoisotopic (exact) mass is 290 g/mol. The van der Waals surface area contributed by atoms with E-state index >= 15 is 0 Å². The van der Waals surface area contributed by atoms with E-state index in [1.807, 2.05) is 13.8 Å². The van der Waals surface area contributed by atoms with Crippen LogP contribution in [0.2, 0.25) is 0 Å². The predicted octanol–water partition coefficient (Wildman–Crippen LogP) is 3.37. The molecule has 0 spiro atoms. The molecule has 0 aliphatic heterocycles. The van der Waals surface area contributed by atoms with Gasteiger partial charge in [0.25, 0.3) is 0 Å². The molecule has 0 aromatic heterocycles. The highest BCUT2D eigenvalue weighted by atomic mass is 19.4. The first-order valence-corrected chi connectivity index (χ1v) is 6.20. The van der Waals surface area contributed by atoms with Crippen LogP contribution in [-0.2, 0) is 22.1 Å². The lowest BCUT2D eigenvalue weighted by atomic mass is 10.0. The van der Waals surface area contributed by atoms with Gasteiger partial charge in [-0.25, -0.2) is 4.79 Å². The minimum Gasteiger partial charge on any atom is -0.479 e. The van der Waals surface area contributed by atoms with Crippen molar-refractivity contribution >= 4 is 5.97 Å². The maximum atomic E-state index is 12.6. The highest BCUT2D eigenvalue weighted by Crippen LogP contribution is 2.29. The Bertz CT molecular complexity index is 455. The zero-order chi connectivity index (χ0) is 15.3. The van der Waals surface area contributed by atoms with Crippen LogP contribution in [-0.4, -0.2) is 23.8 Å². The number of ether oxygens (including phenoxy) is 1. The van der Waals surface area contributed by atoms with Crippen molar-refractivity contribution in [3.8, 4) is 0 Å². The quantitative estimate of drug-likeness (QED) is 0.873. The number of alkyl halides is 3. The molecule has 0 saturated carbocycles. The molecule has 0 radical (unpaired) electrons. The van der Waals surface area contributed by atoms with Crippen LogP contribution in [0.25, 0.3) is 0 Å². The Labute approximate surface area is 115 Å². The van der Waals surface area contributed by atoms with Gasteiger partial charge in [0.05, 0.1) is 12.2 Å². The number of carboxylic acids is 1. The topological polar surface area (TPSA) is 46.5 Å². The molecule has 0 bridgehead atoms. The highest BCUT2D eigenvalue weighted by molar-refractivity contribution is 5.72. The van der Waals surface area contributed by atoms with E-state index in [4.69, 9.17) is 9.84 Å².